The van der Waals surface area contributed by atoms with Gasteiger partial charge in [-0.25, -0.2) is 4.98 Å². The van der Waals surface area contributed by atoms with E-state index >= 15 is 0 Å². The van der Waals surface area contributed by atoms with Crippen LogP contribution in [-0.2, 0) is 51.1 Å². The normalized spacial score (nSPS) is 24.7. The number of aliphatic carboxylic acids is 1. The molecule has 2 aliphatic rings. The number of benzene rings is 1. The number of fused-ring (bicyclic) bond motifs is 2. The van der Waals surface area contributed by atoms with E-state index in [0.29, 0.717) is 11.3 Å². The minimum atomic E-state index is -1.70. The number of aromatic nitrogens is 3. The van der Waals surface area contributed by atoms with Gasteiger partial charge in [0, 0.05) is 48.3 Å². The van der Waals surface area contributed by atoms with Crippen molar-refractivity contribution in [2.45, 2.75) is 102 Å². The van der Waals surface area contributed by atoms with E-state index in [1.807, 2.05) is 38.1 Å². The minimum Gasteiger partial charge on any atom is -0.481 e. The summed E-state index contributed by atoms with van der Waals surface area (Å²) in [5.74, 6) is -6.72. The Morgan fingerprint density at radius 3 is 2.29 bits per heavy atom. The zero-order valence-corrected chi connectivity index (χ0v) is 31.2. The number of nitrogens with one attached hydrogen (secondary N) is 6. The number of carbonyl (C=O) groups is 7. The van der Waals surface area contributed by atoms with Crippen molar-refractivity contribution in [2.75, 3.05) is 6.54 Å². The SMILES string of the molecule is CC(C)C[C@@H]1NC(=O)[C@@H](C(C)C)NC(=O)[C@@H]2C[C@@H](OC(=O)[C@@H](N)Cc3cnc[nH]3)CN2C(=O)[C@@H](CC(=O)O)NC(=O)[C@@H](Cc2c[nH]c3ccccc23)NC1=O. The van der Waals surface area contributed by atoms with Crippen LogP contribution in [-0.4, -0.2) is 115 Å². The predicted octanol–water partition coefficient (Wildman–Crippen LogP) is -0.354. The number of carbonyl (C=O) groups excluding carboxylic acids is 6. The molecular weight excluding hydrogens is 714 g/mol. The lowest BCUT2D eigenvalue weighted by Crippen LogP contribution is -2.59. The highest BCUT2D eigenvalue weighted by atomic mass is 16.5. The number of hydrogen-bond acceptors (Lipinski definition) is 10. The molecule has 55 heavy (non-hydrogen) atoms. The third-order valence-electron chi connectivity index (χ3n) is 9.74. The summed E-state index contributed by atoms with van der Waals surface area (Å²) in [4.78, 5) is 106. The molecule has 0 spiro atoms. The number of nitrogens with zero attached hydrogens (tertiary/aromatic N) is 2. The molecule has 2 aromatic heterocycles. The van der Waals surface area contributed by atoms with E-state index in [1.165, 1.54) is 12.5 Å². The van der Waals surface area contributed by atoms with Crippen LogP contribution in [0.2, 0.25) is 0 Å². The average molecular weight is 764 g/mol. The van der Waals surface area contributed by atoms with Gasteiger partial charge >= 0.3 is 11.9 Å². The number of para-hydroxylation sites is 1. The van der Waals surface area contributed by atoms with Crippen molar-refractivity contribution in [1.29, 1.82) is 0 Å². The summed E-state index contributed by atoms with van der Waals surface area (Å²) in [6.07, 6.45) is 2.70. The molecule has 4 heterocycles. The molecule has 0 saturated carbocycles. The van der Waals surface area contributed by atoms with Crippen LogP contribution < -0.4 is 27.0 Å². The highest BCUT2D eigenvalue weighted by molar-refractivity contribution is 5.99. The molecular formula is C37H49N9O9. The number of nitrogens with two attached hydrogens (primary N) is 1. The maximum Gasteiger partial charge on any atom is 0.323 e. The molecule has 1 aromatic carbocycles. The standard InChI is InChI=1S/C37H49N9O9/c1-18(2)9-26-32(49)42-27(10-20-14-40-25-8-6-5-7-23(20)25)33(50)44-28(13-30(47)48)36(53)46-16-22(55-37(54)24(38)11-21-15-39-17-41-21)12-29(46)34(51)45-31(19(3)4)35(52)43-26/h5-8,14-15,17-19,22,24,26-29,31,40H,9-13,16,38H2,1-4H3,(H,39,41)(H,42,49)(H,43,52)(H,44,50)(H,45,51)(H,47,48)/t22-,24+,26+,27-,28-,29+,31-/m1/s1. The topological polar surface area (TPSA) is 271 Å². The average Bonchev–Trinajstić information content (AvgIpc) is 3.89. The van der Waals surface area contributed by atoms with Crippen LogP contribution in [0.3, 0.4) is 0 Å². The zero-order chi connectivity index (χ0) is 40.0. The molecule has 9 N–H and O–H groups in total. The van der Waals surface area contributed by atoms with Crippen molar-refractivity contribution in [3.05, 3.63) is 54.2 Å². The molecule has 0 bridgehead atoms. The lowest BCUT2D eigenvalue weighted by atomic mass is 9.98. The Kier molecular flexibility index (Phi) is 12.9. The molecule has 2 fully saturated rings. The number of carboxylic acid groups (broad SMARTS) is 1. The Balaban J connectivity index is 1.51. The van der Waals surface area contributed by atoms with Crippen LogP contribution in [0.5, 0.6) is 0 Å². The summed E-state index contributed by atoms with van der Waals surface area (Å²) in [7, 11) is 0. The van der Waals surface area contributed by atoms with Gasteiger partial charge in [-0.1, -0.05) is 45.9 Å². The second kappa shape index (κ2) is 17.6. The summed E-state index contributed by atoms with van der Waals surface area (Å²) in [6.45, 7) is 6.77. The van der Waals surface area contributed by atoms with Crippen LogP contribution in [0.4, 0.5) is 0 Å². The largest absolute Gasteiger partial charge is 0.481 e. The second-order valence-electron chi connectivity index (χ2n) is 14.9. The molecule has 7 atom stereocenters. The summed E-state index contributed by atoms with van der Waals surface area (Å²) in [6, 6.07) is -0.439. The number of ether oxygens (including phenoxy) is 1. The van der Waals surface area contributed by atoms with Gasteiger partial charge in [0.15, 0.2) is 0 Å². The highest BCUT2D eigenvalue weighted by Crippen LogP contribution is 2.25. The van der Waals surface area contributed by atoms with Gasteiger partial charge in [0.05, 0.1) is 19.3 Å². The van der Waals surface area contributed by atoms with Crippen LogP contribution in [0.25, 0.3) is 10.9 Å². The first-order chi connectivity index (χ1) is 26.1. The summed E-state index contributed by atoms with van der Waals surface area (Å²) in [5.41, 5.74) is 8.10. The van der Waals surface area contributed by atoms with Gasteiger partial charge in [-0.15, -0.1) is 0 Å². The Labute approximate surface area is 317 Å². The lowest BCUT2D eigenvalue weighted by molar-refractivity contribution is -0.151. The summed E-state index contributed by atoms with van der Waals surface area (Å²) < 4.78 is 5.66. The first kappa shape index (κ1) is 40.4. The van der Waals surface area contributed by atoms with E-state index in [9.17, 15) is 38.7 Å². The first-order valence-electron chi connectivity index (χ1n) is 18.3. The number of H-pyrrole nitrogens is 2. The second-order valence-corrected chi connectivity index (χ2v) is 14.9. The van der Waals surface area contributed by atoms with Crippen LogP contribution in [0.1, 0.15) is 58.2 Å². The number of esters is 1. The third-order valence-corrected chi connectivity index (χ3v) is 9.74. The van der Waals surface area contributed by atoms with E-state index in [4.69, 9.17) is 10.5 Å². The smallest absolute Gasteiger partial charge is 0.323 e. The summed E-state index contributed by atoms with van der Waals surface area (Å²) in [5, 5.41) is 21.4. The molecule has 0 radical (unpaired) electrons. The number of rotatable bonds is 11. The first-order valence-corrected chi connectivity index (χ1v) is 18.3. The minimum absolute atomic E-state index is 0.0598. The van der Waals surface area contributed by atoms with Gasteiger partial charge in [-0.2, -0.15) is 0 Å². The number of hydrogen-bond donors (Lipinski definition) is 8. The Morgan fingerprint density at radius 2 is 1.62 bits per heavy atom. The van der Waals surface area contributed by atoms with Crippen molar-refractivity contribution in [3.63, 3.8) is 0 Å². The molecule has 2 aliphatic heterocycles. The van der Waals surface area contributed by atoms with Gasteiger partial charge in [-0.05, 0) is 29.9 Å². The van der Waals surface area contributed by atoms with Gasteiger partial charge in [0.25, 0.3) is 0 Å². The third kappa shape index (κ3) is 10.1. The van der Waals surface area contributed by atoms with E-state index in [-0.39, 0.29) is 38.1 Å². The molecule has 296 valence electrons. The zero-order valence-electron chi connectivity index (χ0n) is 31.2. The number of amides is 5. The quantitative estimate of drug-likeness (QED) is 0.117. The van der Waals surface area contributed by atoms with E-state index in [0.717, 1.165) is 15.8 Å². The van der Waals surface area contributed by atoms with Crippen molar-refractivity contribution in [3.8, 4) is 0 Å². The van der Waals surface area contributed by atoms with Crippen LogP contribution in [0, 0.1) is 11.8 Å². The van der Waals surface area contributed by atoms with Crippen LogP contribution >= 0.6 is 0 Å². The molecule has 18 nitrogen and oxygen atoms in total. The van der Waals surface area contributed by atoms with Crippen molar-refractivity contribution in [1.82, 2.24) is 41.1 Å². The molecule has 5 rings (SSSR count). The van der Waals surface area contributed by atoms with Crippen molar-refractivity contribution >= 4 is 52.4 Å². The molecule has 3 aromatic rings. The number of aromatic amines is 2. The maximum absolute atomic E-state index is 14.3. The molecule has 5 amide bonds. The van der Waals surface area contributed by atoms with Gasteiger partial charge in [0.2, 0.25) is 29.5 Å². The maximum atomic E-state index is 14.3. The fourth-order valence-corrected chi connectivity index (χ4v) is 6.94. The molecule has 18 heteroatoms. The van der Waals surface area contributed by atoms with Crippen molar-refractivity contribution < 1.29 is 43.4 Å². The van der Waals surface area contributed by atoms with E-state index in [2.05, 4.69) is 36.2 Å². The molecule has 0 unspecified atom stereocenters. The van der Waals surface area contributed by atoms with Crippen molar-refractivity contribution in [2.24, 2.45) is 17.6 Å². The molecule has 0 aliphatic carbocycles. The number of imidazole rings is 1. The lowest BCUT2D eigenvalue weighted by Gasteiger charge is -2.30. The fraction of sp³-hybridized carbons (Fsp3) is 0.514. The highest BCUT2D eigenvalue weighted by Gasteiger charge is 2.46. The van der Waals surface area contributed by atoms with Crippen LogP contribution in [0.15, 0.2) is 43.0 Å². The van der Waals surface area contributed by atoms with Gasteiger partial charge < -0.3 is 51.7 Å². The predicted molar refractivity (Wildman–Crippen MR) is 197 cm³/mol. The Hall–Kier alpha value is -5.78. The van der Waals surface area contributed by atoms with Gasteiger partial charge in [-0.3, -0.25) is 33.6 Å². The Morgan fingerprint density at radius 1 is 0.927 bits per heavy atom. The molecule has 2 saturated heterocycles. The summed E-state index contributed by atoms with van der Waals surface area (Å²) >= 11 is 0. The van der Waals surface area contributed by atoms with Gasteiger partial charge in [0.1, 0.15) is 42.4 Å². The monoisotopic (exact) mass is 763 g/mol. The Bertz CT molecular complexity index is 1890. The van der Waals surface area contributed by atoms with E-state index in [1.54, 1.807) is 20.0 Å². The number of carboxylic acids is 1. The fourth-order valence-electron chi connectivity index (χ4n) is 6.94. The van der Waals surface area contributed by atoms with E-state index < -0.39 is 96.2 Å².